The molecule has 3 nitrogen and oxygen atoms in total. The van der Waals surface area contributed by atoms with Crippen LogP contribution in [0.1, 0.15) is 19.8 Å². The third-order valence-electron chi connectivity index (χ3n) is 1.83. The van der Waals surface area contributed by atoms with E-state index in [9.17, 15) is 4.79 Å². The van der Waals surface area contributed by atoms with Crippen molar-refractivity contribution in [1.82, 2.24) is 0 Å². The molecule has 12 heavy (non-hydrogen) atoms. The number of halogens is 1. The Morgan fingerprint density at radius 1 is 1.67 bits per heavy atom. The maximum absolute atomic E-state index is 11.2. The third kappa shape index (κ3) is 2.58. The van der Waals surface area contributed by atoms with Gasteiger partial charge < -0.3 is 9.47 Å². The number of hydrogen-bond donors (Lipinski definition) is 0. The average molecular weight is 284 g/mol. The van der Waals surface area contributed by atoms with Gasteiger partial charge in [-0.05, 0) is 19.8 Å². The predicted molar refractivity (Wildman–Crippen MR) is 53.4 cm³/mol. The SMILES string of the molecule is CCOC(=O)[C@@H]1CC[C@@H](CI)O1. The van der Waals surface area contributed by atoms with E-state index in [-0.39, 0.29) is 18.2 Å². The summed E-state index contributed by atoms with van der Waals surface area (Å²) in [5.74, 6) is -0.204. The third-order valence-corrected chi connectivity index (χ3v) is 2.81. The van der Waals surface area contributed by atoms with Gasteiger partial charge in [0.1, 0.15) is 0 Å². The molecule has 1 saturated heterocycles. The fraction of sp³-hybridized carbons (Fsp3) is 0.875. The van der Waals surface area contributed by atoms with Crippen molar-refractivity contribution < 1.29 is 14.3 Å². The number of esters is 1. The molecular formula is C8H13IO3. The molecule has 1 aliphatic heterocycles. The van der Waals surface area contributed by atoms with Gasteiger partial charge in [-0.25, -0.2) is 4.79 Å². The normalized spacial score (nSPS) is 28.8. The van der Waals surface area contributed by atoms with Crippen LogP contribution < -0.4 is 0 Å². The summed E-state index contributed by atoms with van der Waals surface area (Å²) in [5, 5.41) is 0. The maximum atomic E-state index is 11.2. The van der Waals surface area contributed by atoms with Gasteiger partial charge in [-0.15, -0.1) is 0 Å². The van der Waals surface area contributed by atoms with E-state index in [1.54, 1.807) is 0 Å². The fourth-order valence-corrected chi connectivity index (χ4v) is 1.88. The molecule has 0 unspecified atom stereocenters. The van der Waals surface area contributed by atoms with Crippen molar-refractivity contribution in [3.8, 4) is 0 Å². The van der Waals surface area contributed by atoms with E-state index >= 15 is 0 Å². The van der Waals surface area contributed by atoms with Crippen LogP contribution in [0, 0.1) is 0 Å². The Morgan fingerprint density at radius 2 is 2.42 bits per heavy atom. The van der Waals surface area contributed by atoms with Crippen LogP contribution in [-0.2, 0) is 14.3 Å². The molecule has 1 aliphatic rings. The number of hydrogen-bond acceptors (Lipinski definition) is 3. The second-order valence-electron chi connectivity index (χ2n) is 2.73. The first-order chi connectivity index (χ1) is 5.77. The van der Waals surface area contributed by atoms with Gasteiger partial charge in [0, 0.05) is 4.43 Å². The summed E-state index contributed by atoms with van der Waals surface area (Å²) in [4.78, 5) is 11.2. The van der Waals surface area contributed by atoms with Crippen molar-refractivity contribution in [2.24, 2.45) is 0 Å². The van der Waals surface area contributed by atoms with Gasteiger partial charge in [0.05, 0.1) is 12.7 Å². The summed E-state index contributed by atoms with van der Waals surface area (Å²) >= 11 is 2.27. The van der Waals surface area contributed by atoms with Crippen molar-refractivity contribution >= 4 is 28.6 Å². The molecule has 0 bridgehead atoms. The standard InChI is InChI=1S/C8H13IO3/c1-2-11-8(10)7-4-3-6(5-9)12-7/h6-7H,2-5H2,1H3/t6-,7-/m0/s1. The minimum atomic E-state index is -0.301. The summed E-state index contributed by atoms with van der Waals surface area (Å²) in [5.41, 5.74) is 0. The second kappa shape index (κ2) is 5.01. The second-order valence-corrected chi connectivity index (χ2v) is 3.61. The largest absolute Gasteiger partial charge is 0.464 e. The smallest absolute Gasteiger partial charge is 0.335 e. The van der Waals surface area contributed by atoms with E-state index < -0.39 is 0 Å². The van der Waals surface area contributed by atoms with Crippen molar-refractivity contribution in [3.63, 3.8) is 0 Å². The van der Waals surface area contributed by atoms with Crippen molar-refractivity contribution in [2.75, 3.05) is 11.0 Å². The Labute approximate surface area is 85.9 Å². The molecule has 0 saturated carbocycles. The summed E-state index contributed by atoms with van der Waals surface area (Å²) in [6, 6.07) is 0. The number of ether oxygens (including phenoxy) is 2. The average Bonchev–Trinajstić information content (AvgIpc) is 2.52. The van der Waals surface area contributed by atoms with Crippen LogP contribution in [0.25, 0.3) is 0 Å². The summed E-state index contributed by atoms with van der Waals surface area (Å²) in [6.07, 6.45) is 1.74. The van der Waals surface area contributed by atoms with Gasteiger partial charge >= 0.3 is 5.97 Å². The lowest BCUT2D eigenvalue weighted by Crippen LogP contribution is -2.24. The molecule has 0 radical (unpaired) electrons. The van der Waals surface area contributed by atoms with Crippen LogP contribution in [0.2, 0.25) is 0 Å². The van der Waals surface area contributed by atoms with Crippen LogP contribution in [-0.4, -0.2) is 29.2 Å². The minimum Gasteiger partial charge on any atom is -0.464 e. The monoisotopic (exact) mass is 284 g/mol. The predicted octanol–water partition coefficient (Wildman–Crippen LogP) is 1.53. The van der Waals surface area contributed by atoms with Crippen LogP contribution in [0.3, 0.4) is 0 Å². The lowest BCUT2D eigenvalue weighted by molar-refractivity contribution is -0.155. The molecule has 4 heteroatoms. The van der Waals surface area contributed by atoms with Gasteiger partial charge in [0.25, 0.3) is 0 Å². The zero-order valence-corrected chi connectivity index (χ0v) is 9.24. The molecule has 1 heterocycles. The van der Waals surface area contributed by atoms with Gasteiger partial charge in [0.2, 0.25) is 0 Å². The molecule has 0 amide bonds. The number of carbonyl (C=O) groups excluding carboxylic acids is 1. The lowest BCUT2D eigenvalue weighted by Gasteiger charge is -2.10. The van der Waals surface area contributed by atoms with E-state index in [1.165, 1.54) is 0 Å². The van der Waals surface area contributed by atoms with Gasteiger partial charge in [-0.1, -0.05) is 22.6 Å². The Kier molecular flexibility index (Phi) is 4.28. The number of rotatable bonds is 3. The summed E-state index contributed by atoms with van der Waals surface area (Å²) in [6.45, 7) is 2.25. The number of carbonyl (C=O) groups is 1. The molecule has 0 aromatic heterocycles. The zero-order valence-electron chi connectivity index (χ0n) is 7.09. The molecule has 1 fully saturated rings. The Bertz CT molecular complexity index is 160. The molecule has 0 spiro atoms. The van der Waals surface area contributed by atoms with E-state index in [0.29, 0.717) is 6.61 Å². The fourth-order valence-electron chi connectivity index (χ4n) is 1.23. The quantitative estimate of drug-likeness (QED) is 0.448. The molecular weight excluding hydrogens is 271 g/mol. The first-order valence-corrected chi connectivity index (χ1v) is 5.68. The van der Waals surface area contributed by atoms with Crippen molar-refractivity contribution in [3.05, 3.63) is 0 Å². The van der Waals surface area contributed by atoms with Crippen LogP contribution >= 0.6 is 22.6 Å². The Balaban J connectivity index is 2.31. The van der Waals surface area contributed by atoms with E-state index in [1.807, 2.05) is 6.92 Å². The highest BCUT2D eigenvalue weighted by Crippen LogP contribution is 2.21. The van der Waals surface area contributed by atoms with Gasteiger partial charge in [0.15, 0.2) is 6.10 Å². The molecule has 0 aromatic carbocycles. The van der Waals surface area contributed by atoms with Gasteiger partial charge in [-0.2, -0.15) is 0 Å². The minimum absolute atomic E-state index is 0.204. The topological polar surface area (TPSA) is 35.5 Å². The van der Waals surface area contributed by atoms with Crippen LogP contribution in [0.4, 0.5) is 0 Å². The van der Waals surface area contributed by atoms with E-state index in [4.69, 9.17) is 9.47 Å². The van der Waals surface area contributed by atoms with E-state index in [2.05, 4.69) is 22.6 Å². The summed E-state index contributed by atoms with van der Waals surface area (Å²) in [7, 11) is 0. The van der Waals surface area contributed by atoms with Crippen molar-refractivity contribution in [1.29, 1.82) is 0 Å². The molecule has 70 valence electrons. The number of alkyl halides is 1. The van der Waals surface area contributed by atoms with Crippen LogP contribution in [0.15, 0.2) is 0 Å². The Morgan fingerprint density at radius 3 is 2.92 bits per heavy atom. The van der Waals surface area contributed by atoms with E-state index in [0.717, 1.165) is 17.3 Å². The molecule has 1 rings (SSSR count). The highest BCUT2D eigenvalue weighted by atomic mass is 127. The molecule has 0 aliphatic carbocycles. The summed E-state index contributed by atoms with van der Waals surface area (Å²) < 4.78 is 11.2. The molecule has 2 atom stereocenters. The highest BCUT2D eigenvalue weighted by Gasteiger charge is 2.30. The van der Waals surface area contributed by atoms with Crippen LogP contribution in [0.5, 0.6) is 0 Å². The lowest BCUT2D eigenvalue weighted by atomic mass is 10.2. The maximum Gasteiger partial charge on any atom is 0.335 e. The Hall–Kier alpha value is 0.160. The molecule has 0 aromatic rings. The first-order valence-electron chi connectivity index (χ1n) is 4.16. The first kappa shape index (κ1) is 10.2. The van der Waals surface area contributed by atoms with Gasteiger partial charge in [-0.3, -0.25) is 0 Å². The molecule has 0 N–H and O–H groups in total. The highest BCUT2D eigenvalue weighted by molar-refractivity contribution is 14.1. The van der Waals surface area contributed by atoms with Crippen molar-refractivity contribution in [2.45, 2.75) is 32.0 Å². The zero-order chi connectivity index (χ0) is 8.97.